The Morgan fingerprint density at radius 3 is 2.92 bits per heavy atom. The first-order valence-electron chi connectivity index (χ1n) is 4.12. The topological polar surface area (TPSA) is 65.9 Å². The third-order valence-corrected chi connectivity index (χ3v) is 3.18. The first-order valence-corrected chi connectivity index (χ1v) is 4.89. The molecule has 1 aliphatic carbocycles. The molecular weight excluding hydrogens is 184 g/mol. The zero-order valence-corrected chi connectivity index (χ0v) is 8.14. The molecule has 0 saturated heterocycles. The largest absolute Gasteiger partial charge is 0.382 e. The number of aromatic nitrogens is 1. The molecule has 1 heterocycles. The minimum Gasteiger partial charge on any atom is -0.382 e. The summed E-state index contributed by atoms with van der Waals surface area (Å²) in [6.45, 7) is 0. The van der Waals surface area contributed by atoms with Crippen molar-refractivity contribution in [1.82, 2.24) is 4.37 Å². The van der Waals surface area contributed by atoms with Gasteiger partial charge in [0.25, 0.3) is 0 Å². The van der Waals surface area contributed by atoms with Crippen LogP contribution in [0.1, 0.15) is 18.4 Å². The van der Waals surface area contributed by atoms with Gasteiger partial charge in [0.1, 0.15) is 16.6 Å². The Hall–Kier alpha value is -1.28. The summed E-state index contributed by atoms with van der Waals surface area (Å²) in [5, 5.41) is 9.75. The number of nitrogen functional groups attached to an aromatic ring is 1. The van der Waals surface area contributed by atoms with Crippen LogP contribution in [0.3, 0.4) is 0 Å². The van der Waals surface area contributed by atoms with Crippen LogP contribution in [0.25, 0.3) is 0 Å². The molecule has 1 aromatic heterocycles. The van der Waals surface area contributed by atoms with Crippen LogP contribution in [0.5, 0.6) is 0 Å². The highest BCUT2D eigenvalue weighted by molar-refractivity contribution is 7.10. The summed E-state index contributed by atoms with van der Waals surface area (Å²) < 4.78 is 3.97. The van der Waals surface area contributed by atoms with E-state index in [2.05, 4.69) is 15.3 Å². The lowest BCUT2D eigenvalue weighted by molar-refractivity contribution is 0.927. The lowest BCUT2D eigenvalue weighted by Crippen LogP contribution is -2.19. The summed E-state index contributed by atoms with van der Waals surface area (Å²) >= 11 is 1.31. The van der Waals surface area contributed by atoms with Crippen molar-refractivity contribution in [3.8, 4) is 6.07 Å². The maximum atomic E-state index is 8.85. The van der Waals surface area contributed by atoms with Crippen molar-refractivity contribution in [1.29, 1.82) is 5.26 Å². The monoisotopic (exact) mass is 194 g/mol. The van der Waals surface area contributed by atoms with E-state index >= 15 is 0 Å². The lowest BCUT2D eigenvalue weighted by atomic mass is 10.3. The van der Waals surface area contributed by atoms with Gasteiger partial charge in [0.05, 0.1) is 0 Å². The van der Waals surface area contributed by atoms with Crippen molar-refractivity contribution in [2.24, 2.45) is 0 Å². The SMILES string of the molecule is CN(c1snc(N)c1C#N)C1CC1. The fourth-order valence-electron chi connectivity index (χ4n) is 1.27. The van der Waals surface area contributed by atoms with Gasteiger partial charge in [0, 0.05) is 13.1 Å². The number of nitriles is 1. The van der Waals surface area contributed by atoms with E-state index in [1.165, 1.54) is 24.4 Å². The van der Waals surface area contributed by atoms with Crippen molar-refractivity contribution < 1.29 is 0 Å². The van der Waals surface area contributed by atoms with Gasteiger partial charge in [0.2, 0.25) is 0 Å². The Morgan fingerprint density at radius 2 is 2.38 bits per heavy atom. The Morgan fingerprint density at radius 1 is 1.69 bits per heavy atom. The van der Waals surface area contributed by atoms with E-state index < -0.39 is 0 Å². The first-order chi connectivity index (χ1) is 6.24. The van der Waals surface area contributed by atoms with Crippen LogP contribution in [0.15, 0.2) is 0 Å². The molecule has 2 rings (SSSR count). The van der Waals surface area contributed by atoms with E-state index in [9.17, 15) is 0 Å². The second-order valence-corrected chi connectivity index (χ2v) is 3.95. The van der Waals surface area contributed by atoms with E-state index in [1.807, 2.05) is 7.05 Å². The van der Waals surface area contributed by atoms with Crippen LogP contribution in [0, 0.1) is 11.3 Å². The molecule has 0 unspecified atom stereocenters. The van der Waals surface area contributed by atoms with Crippen molar-refractivity contribution in [3.05, 3.63) is 5.56 Å². The molecule has 0 bridgehead atoms. The number of anilines is 2. The number of hydrogen-bond donors (Lipinski definition) is 1. The number of nitrogens with zero attached hydrogens (tertiary/aromatic N) is 3. The van der Waals surface area contributed by atoms with Crippen LogP contribution in [-0.4, -0.2) is 17.5 Å². The van der Waals surface area contributed by atoms with E-state index in [-0.39, 0.29) is 0 Å². The lowest BCUT2D eigenvalue weighted by Gasteiger charge is -2.15. The summed E-state index contributed by atoms with van der Waals surface area (Å²) in [6.07, 6.45) is 2.42. The Bertz CT molecular complexity index is 361. The maximum Gasteiger partial charge on any atom is 0.157 e. The average molecular weight is 194 g/mol. The average Bonchev–Trinajstić information content (AvgIpc) is 2.89. The quantitative estimate of drug-likeness (QED) is 0.768. The number of rotatable bonds is 2. The first kappa shape index (κ1) is 8.32. The zero-order valence-electron chi connectivity index (χ0n) is 7.32. The zero-order chi connectivity index (χ0) is 9.42. The minimum absolute atomic E-state index is 0.356. The highest BCUT2D eigenvalue weighted by Crippen LogP contribution is 2.36. The molecule has 0 amide bonds. The summed E-state index contributed by atoms with van der Waals surface area (Å²) in [4.78, 5) is 2.10. The van der Waals surface area contributed by atoms with E-state index in [0.717, 1.165) is 5.00 Å². The predicted octanol–water partition coefficient (Wildman–Crippen LogP) is 1.20. The molecule has 0 spiro atoms. The maximum absolute atomic E-state index is 8.85. The van der Waals surface area contributed by atoms with Gasteiger partial charge in [-0.25, -0.2) is 0 Å². The Balaban J connectivity index is 2.33. The van der Waals surface area contributed by atoms with Gasteiger partial charge in [-0.2, -0.15) is 9.64 Å². The third kappa shape index (κ3) is 1.33. The molecule has 1 aromatic rings. The van der Waals surface area contributed by atoms with Crippen LogP contribution >= 0.6 is 11.5 Å². The predicted molar refractivity (Wildman–Crippen MR) is 52.7 cm³/mol. The normalized spacial score (nSPS) is 15.4. The molecule has 1 aliphatic rings. The van der Waals surface area contributed by atoms with Crippen molar-refractivity contribution in [2.75, 3.05) is 17.7 Å². The number of nitrogens with two attached hydrogens (primary N) is 1. The van der Waals surface area contributed by atoms with Crippen LogP contribution in [0.2, 0.25) is 0 Å². The molecule has 68 valence electrons. The molecule has 0 radical (unpaired) electrons. The molecule has 13 heavy (non-hydrogen) atoms. The van der Waals surface area contributed by atoms with Crippen LogP contribution in [-0.2, 0) is 0 Å². The molecule has 0 atom stereocenters. The standard InChI is InChI=1S/C8H10N4S/c1-12(5-2-3-5)8-6(4-9)7(10)11-13-8/h5H,2-3H2,1H3,(H2,10,11). The molecule has 0 aliphatic heterocycles. The molecule has 1 saturated carbocycles. The van der Waals surface area contributed by atoms with Gasteiger partial charge >= 0.3 is 0 Å². The van der Waals surface area contributed by atoms with Gasteiger partial charge < -0.3 is 10.6 Å². The smallest absolute Gasteiger partial charge is 0.157 e. The fraction of sp³-hybridized carbons (Fsp3) is 0.500. The van der Waals surface area contributed by atoms with Crippen molar-refractivity contribution in [3.63, 3.8) is 0 Å². The molecule has 0 aromatic carbocycles. The van der Waals surface area contributed by atoms with E-state index in [4.69, 9.17) is 11.0 Å². The second kappa shape index (κ2) is 2.89. The fourth-order valence-corrected chi connectivity index (χ4v) is 2.06. The molecular formula is C8H10N4S. The van der Waals surface area contributed by atoms with Gasteiger partial charge in [-0.15, -0.1) is 0 Å². The molecule has 5 heteroatoms. The molecule has 2 N–H and O–H groups in total. The summed E-state index contributed by atoms with van der Waals surface area (Å²) in [6, 6.07) is 2.68. The van der Waals surface area contributed by atoms with Gasteiger partial charge in [-0.3, -0.25) is 0 Å². The van der Waals surface area contributed by atoms with Gasteiger partial charge in [-0.1, -0.05) is 0 Å². The highest BCUT2D eigenvalue weighted by Gasteiger charge is 2.29. The third-order valence-electron chi connectivity index (χ3n) is 2.23. The van der Waals surface area contributed by atoms with Gasteiger partial charge in [0.15, 0.2) is 5.82 Å². The summed E-state index contributed by atoms with van der Waals surface area (Å²) in [5.41, 5.74) is 6.09. The van der Waals surface area contributed by atoms with Crippen LogP contribution < -0.4 is 10.6 Å². The number of hydrogen-bond acceptors (Lipinski definition) is 5. The highest BCUT2D eigenvalue weighted by atomic mass is 32.1. The molecule has 1 fully saturated rings. The summed E-state index contributed by atoms with van der Waals surface area (Å²) in [5.74, 6) is 0.356. The van der Waals surface area contributed by atoms with Crippen molar-refractivity contribution >= 4 is 22.4 Å². The van der Waals surface area contributed by atoms with Gasteiger partial charge in [-0.05, 0) is 24.4 Å². The minimum atomic E-state index is 0.356. The Kier molecular flexibility index (Phi) is 1.85. The molecule has 4 nitrogen and oxygen atoms in total. The summed E-state index contributed by atoms with van der Waals surface area (Å²) in [7, 11) is 1.99. The second-order valence-electron chi connectivity index (χ2n) is 3.20. The van der Waals surface area contributed by atoms with E-state index in [0.29, 0.717) is 17.4 Å². The van der Waals surface area contributed by atoms with Crippen molar-refractivity contribution in [2.45, 2.75) is 18.9 Å². The van der Waals surface area contributed by atoms with E-state index in [1.54, 1.807) is 0 Å². The van der Waals surface area contributed by atoms with Crippen LogP contribution in [0.4, 0.5) is 10.8 Å². The Labute approximate surface area is 80.7 Å².